The van der Waals surface area contributed by atoms with E-state index in [4.69, 9.17) is 15.3 Å². The van der Waals surface area contributed by atoms with Crippen molar-refractivity contribution in [3.05, 3.63) is 0 Å². The van der Waals surface area contributed by atoms with Gasteiger partial charge in [-0.25, -0.2) is 0 Å². The molecule has 0 spiro atoms. The lowest BCUT2D eigenvalue weighted by molar-refractivity contribution is 0.286. The summed E-state index contributed by atoms with van der Waals surface area (Å²) in [7, 11) is 0. The van der Waals surface area contributed by atoms with Crippen LogP contribution in [0.25, 0.3) is 0 Å². The van der Waals surface area contributed by atoms with Crippen LogP contribution in [-0.4, -0.2) is 35.1 Å². The topological polar surface area (TPSA) is 60.7 Å². The number of aliphatic hydroxyl groups excluding tert-OH is 3. The molecular weight excluding hydrogens is 168 g/mol. The van der Waals surface area contributed by atoms with Crippen LogP contribution in [0.15, 0.2) is 0 Å². The van der Waals surface area contributed by atoms with Gasteiger partial charge in [-0.1, -0.05) is 26.7 Å². The van der Waals surface area contributed by atoms with Gasteiger partial charge >= 0.3 is 0 Å². The highest BCUT2D eigenvalue weighted by molar-refractivity contribution is 4.23. The number of hydrogen-bond donors (Lipinski definition) is 3. The molecule has 0 saturated carbocycles. The molecule has 0 aliphatic carbocycles. The summed E-state index contributed by atoms with van der Waals surface area (Å²) in [6.45, 7) is 6.72. The van der Waals surface area contributed by atoms with E-state index in [2.05, 4.69) is 13.8 Å². The monoisotopic (exact) mass is 194 g/mol. The minimum Gasteiger partial charge on any atom is -0.397 e. The number of hydrogen-bond acceptors (Lipinski definition) is 3. The molecule has 3 heteroatoms. The molecule has 0 atom stereocenters. The van der Waals surface area contributed by atoms with E-state index in [0.29, 0.717) is 13.2 Å². The predicted molar refractivity (Wildman–Crippen MR) is 56.7 cm³/mol. The molecule has 0 bridgehead atoms. The van der Waals surface area contributed by atoms with E-state index in [0.717, 1.165) is 25.7 Å². The van der Waals surface area contributed by atoms with Crippen molar-refractivity contribution in [2.24, 2.45) is 0 Å². The summed E-state index contributed by atoms with van der Waals surface area (Å²) in [6.07, 6.45) is 4.08. The summed E-state index contributed by atoms with van der Waals surface area (Å²) < 4.78 is 0. The van der Waals surface area contributed by atoms with Crippen LogP contribution in [-0.2, 0) is 0 Å². The number of aliphatic hydroxyl groups is 3. The second-order valence-electron chi connectivity index (χ2n) is 2.47. The summed E-state index contributed by atoms with van der Waals surface area (Å²) in [6, 6.07) is 0. The van der Waals surface area contributed by atoms with Crippen molar-refractivity contribution in [1.82, 2.24) is 0 Å². The highest BCUT2D eigenvalue weighted by Gasteiger charge is 1.69. The smallest absolute Gasteiger partial charge is 0.0430 e. The third kappa shape index (κ3) is 77.0. The zero-order valence-electron chi connectivity index (χ0n) is 9.29. The fraction of sp³-hybridized carbons (Fsp3) is 1.00. The first-order valence-corrected chi connectivity index (χ1v) is 5.07. The molecule has 0 radical (unpaired) electrons. The van der Waals surface area contributed by atoms with E-state index in [9.17, 15) is 0 Å². The van der Waals surface area contributed by atoms with Crippen LogP contribution in [0, 0.1) is 0 Å². The van der Waals surface area contributed by atoms with Gasteiger partial charge in [0.2, 0.25) is 0 Å². The van der Waals surface area contributed by atoms with E-state index in [1.807, 2.05) is 0 Å². The molecule has 3 nitrogen and oxygen atoms in total. The van der Waals surface area contributed by atoms with Crippen LogP contribution < -0.4 is 0 Å². The van der Waals surface area contributed by atoms with Gasteiger partial charge in [-0.15, -0.1) is 0 Å². The minimum absolute atomic E-state index is 0.250. The fourth-order valence-corrected chi connectivity index (χ4v) is 0.316. The Morgan fingerprint density at radius 3 is 0.923 bits per heavy atom. The lowest BCUT2D eigenvalue weighted by Gasteiger charge is -1.79. The van der Waals surface area contributed by atoms with Gasteiger partial charge in [-0.2, -0.15) is 0 Å². The molecule has 0 saturated heterocycles. The molecule has 0 aliphatic heterocycles. The van der Waals surface area contributed by atoms with E-state index in [1.54, 1.807) is 6.92 Å². The minimum atomic E-state index is 0.250. The number of rotatable bonds is 4. The van der Waals surface area contributed by atoms with Gasteiger partial charge in [0.15, 0.2) is 0 Å². The Balaban J connectivity index is -0.000000120. The average molecular weight is 194 g/mol. The molecule has 0 aromatic carbocycles. The summed E-state index contributed by atoms with van der Waals surface area (Å²) in [5, 5.41) is 23.7. The van der Waals surface area contributed by atoms with E-state index in [1.165, 1.54) is 0 Å². The van der Waals surface area contributed by atoms with Crippen LogP contribution >= 0.6 is 0 Å². The predicted octanol–water partition coefficient (Wildman–Crippen LogP) is 1.56. The SMILES string of the molecule is CCCCO.CCCCO.CCO. The lowest BCUT2D eigenvalue weighted by Crippen LogP contribution is -1.75. The molecule has 13 heavy (non-hydrogen) atoms. The van der Waals surface area contributed by atoms with E-state index in [-0.39, 0.29) is 6.61 Å². The van der Waals surface area contributed by atoms with Gasteiger partial charge in [-0.3, -0.25) is 0 Å². The Morgan fingerprint density at radius 1 is 0.692 bits per heavy atom. The standard InChI is InChI=1S/2C4H10O.C2H6O/c2*1-2-3-4-5;1-2-3/h2*5H,2-4H2,1H3;3H,2H2,1H3. The average Bonchev–Trinajstić information content (AvgIpc) is 2.09. The Kier molecular flexibility index (Phi) is 42.6. The maximum Gasteiger partial charge on any atom is 0.0430 e. The second kappa shape index (κ2) is 29.7. The quantitative estimate of drug-likeness (QED) is 0.636. The molecule has 0 fully saturated rings. The van der Waals surface area contributed by atoms with Crippen LogP contribution in [0.5, 0.6) is 0 Å². The Labute approximate surface area is 82.4 Å². The van der Waals surface area contributed by atoms with Gasteiger partial charge in [0, 0.05) is 19.8 Å². The zero-order valence-corrected chi connectivity index (χ0v) is 9.29. The van der Waals surface area contributed by atoms with Gasteiger partial charge < -0.3 is 15.3 Å². The van der Waals surface area contributed by atoms with E-state index >= 15 is 0 Å². The Hall–Kier alpha value is -0.120. The Morgan fingerprint density at radius 2 is 0.923 bits per heavy atom. The summed E-state index contributed by atoms with van der Waals surface area (Å²) in [5.74, 6) is 0. The van der Waals surface area contributed by atoms with Gasteiger partial charge in [0.1, 0.15) is 0 Å². The molecule has 0 aromatic heterocycles. The van der Waals surface area contributed by atoms with Crippen LogP contribution in [0.4, 0.5) is 0 Å². The van der Waals surface area contributed by atoms with Gasteiger partial charge in [0.25, 0.3) is 0 Å². The molecule has 0 heterocycles. The van der Waals surface area contributed by atoms with Crippen LogP contribution in [0.2, 0.25) is 0 Å². The molecule has 3 N–H and O–H groups in total. The first-order valence-electron chi connectivity index (χ1n) is 5.07. The number of unbranched alkanes of at least 4 members (excludes halogenated alkanes) is 2. The van der Waals surface area contributed by atoms with Crippen molar-refractivity contribution in [2.75, 3.05) is 19.8 Å². The Bertz CT molecular complexity index is 39.4. The summed E-state index contributed by atoms with van der Waals surface area (Å²) >= 11 is 0. The van der Waals surface area contributed by atoms with Crippen molar-refractivity contribution >= 4 is 0 Å². The van der Waals surface area contributed by atoms with Crippen LogP contribution in [0.1, 0.15) is 46.5 Å². The van der Waals surface area contributed by atoms with Crippen molar-refractivity contribution in [3.63, 3.8) is 0 Å². The molecule has 0 amide bonds. The molecule has 84 valence electrons. The second-order valence-corrected chi connectivity index (χ2v) is 2.47. The van der Waals surface area contributed by atoms with Gasteiger partial charge in [0.05, 0.1) is 0 Å². The first kappa shape index (κ1) is 18.6. The van der Waals surface area contributed by atoms with Crippen molar-refractivity contribution in [2.45, 2.75) is 46.5 Å². The molecule has 0 unspecified atom stereocenters. The molecular formula is C10H26O3. The van der Waals surface area contributed by atoms with Gasteiger partial charge in [-0.05, 0) is 19.8 Å². The third-order valence-corrected chi connectivity index (χ3v) is 1.02. The van der Waals surface area contributed by atoms with Crippen molar-refractivity contribution in [3.8, 4) is 0 Å². The van der Waals surface area contributed by atoms with Crippen molar-refractivity contribution in [1.29, 1.82) is 0 Å². The molecule has 0 rings (SSSR count). The maximum atomic E-state index is 8.07. The lowest BCUT2D eigenvalue weighted by atomic mass is 10.4. The largest absolute Gasteiger partial charge is 0.397 e. The molecule has 0 aliphatic rings. The summed E-state index contributed by atoms with van der Waals surface area (Å²) in [4.78, 5) is 0. The first-order chi connectivity index (χ1) is 6.24. The normalized spacial score (nSPS) is 7.85. The van der Waals surface area contributed by atoms with E-state index < -0.39 is 0 Å². The van der Waals surface area contributed by atoms with Crippen molar-refractivity contribution < 1.29 is 15.3 Å². The fourth-order valence-electron chi connectivity index (χ4n) is 0.316. The summed E-state index contributed by atoms with van der Waals surface area (Å²) in [5.41, 5.74) is 0. The van der Waals surface area contributed by atoms with Crippen LogP contribution in [0.3, 0.4) is 0 Å². The molecule has 0 aromatic rings. The highest BCUT2D eigenvalue weighted by Crippen LogP contribution is 1.79. The maximum absolute atomic E-state index is 8.07. The highest BCUT2D eigenvalue weighted by atomic mass is 16.3. The third-order valence-electron chi connectivity index (χ3n) is 1.02. The zero-order chi connectivity index (χ0) is 10.9.